The summed E-state index contributed by atoms with van der Waals surface area (Å²) < 4.78 is 5.14. The van der Waals surface area contributed by atoms with E-state index in [-0.39, 0.29) is 29.7 Å². The van der Waals surface area contributed by atoms with Gasteiger partial charge in [-0.25, -0.2) is 0 Å². The van der Waals surface area contributed by atoms with E-state index in [0.29, 0.717) is 5.92 Å². The quantitative estimate of drug-likeness (QED) is 0.633. The zero-order valence-electron chi connectivity index (χ0n) is 14.1. The molecule has 1 aromatic carbocycles. The molecule has 0 amide bonds. The number of esters is 1. The van der Waals surface area contributed by atoms with Crippen LogP contribution in [0, 0.1) is 11.8 Å². The van der Waals surface area contributed by atoms with E-state index >= 15 is 0 Å². The lowest BCUT2D eigenvalue weighted by Crippen LogP contribution is -2.25. The van der Waals surface area contributed by atoms with Gasteiger partial charge in [-0.1, -0.05) is 39.0 Å². The third-order valence-electron chi connectivity index (χ3n) is 5.01. The second-order valence-corrected chi connectivity index (χ2v) is 7.12. The molecule has 0 bridgehead atoms. The zero-order chi connectivity index (χ0) is 16.8. The van der Waals surface area contributed by atoms with Crippen molar-refractivity contribution in [2.45, 2.75) is 32.6 Å². The fraction of sp³-hybridized carbons (Fsp3) is 0.474. The lowest BCUT2D eigenvalue weighted by atomic mass is 9.83. The third-order valence-corrected chi connectivity index (χ3v) is 5.01. The Hall–Kier alpha value is -2.10. The molecular weight excluding hydrogens is 290 g/mol. The minimum atomic E-state index is -0.244. The number of anilines is 1. The van der Waals surface area contributed by atoms with Gasteiger partial charge in [-0.05, 0) is 24.0 Å². The van der Waals surface area contributed by atoms with E-state index in [0.717, 1.165) is 17.8 Å². The Bertz CT molecular complexity index is 690. The van der Waals surface area contributed by atoms with Crippen molar-refractivity contribution in [2.24, 2.45) is 11.8 Å². The van der Waals surface area contributed by atoms with E-state index < -0.39 is 0 Å². The van der Waals surface area contributed by atoms with Crippen LogP contribution in [0.1, 0.15) is 32.8 Å². The first kappa shape index (κ1) is 15.8. The van der Waals surface area contributed by atoms with E-state index in [2.05, 4.69) is 26.0 Å². The van der Waals surface area contributed by atoms with Gasteiger partial charge in [-0.2, -0.15) is 0 Å². The number of rotatable bonds is 4. The summed E-state index contributed by atoms with van der Waals surface area (Å²) in [4.78, 5) is 26.0. The van der Waals surface area contributed by atoms with Crippen LogP contribution >= 0.6 is 0 Å². The summed E-state index contributed by atoms with van der Waals surface area (Å²) in [6.45, 7) is 6.05. The Labute approximate surface area is 137 Å². The summed E-state index contributed by atoms with van der Waals surface area (Å²) >= 11 is 0. The fourth-order valence-corrected chi connectivity index (χ4v) is 3.35. The topological polar surface area (TPSA) is 46.6 Å². The molecule has 4 nitrogen and oxygen atoms in total. The highest BCUT2D eigenvalue weighted by Crippen LogP contribution is 2.46. The normalized spacial score (nSPS) is 26.1. The van der Waals surface area contributed by atoms with Crippen molar-refractivity contribution >= 4 is 17.4 Å². The van der Waals surface area contributed by atoms with Crippen LogP contribution in [-0.4, -0.2) is 25.4 Å². The van der Waals surface area contributed by atoms with Crippen LogP contribution in [-0.2, 0) is 19.7 Å². The van der Waals surface area contributed by atoms with Crippen molar-refractivity contribution in [3.05, 3.63) is 41.6 Å². The molecule has 3 rings (SSSR count). The molecule has 0 aromatic heterocycles. The maximum atomic E-state index is 12.2. The van der Waals surface area contributed by atoms with Crippen LogP contribution in [0.25, 0.3) is 0 Å². The molecule has 0 radical (unpaired) electrons. The lowest BCUT2D eigenvalue weighted by Gasteiger charge is -2.23. The molecular formula is C19H23NO3. The van der Waals surface area contributed by atoms with Crippen molar-refractivity contribution in [1.29, 1.82) is 0 Å². The summed E-state index contributed by atoms with van der Waals surface area (Å²) in [5.41, 5.74) is 3.00. The van der Waals surface area contributed by atoms with Gasteiger partial charge < -0.3 is 9.64 Å². The minimum Gasteiger partial charge on any atom is -0.457 e. The molecule has 1 heterocycles. The highest BCUT2D eigenvalue weighted by Gasteiger charge is 2.41. The number of carbonyl (C=O) groups is 2. The molecule has 122 valence electrons. The number of para-hydroxylation sites is 1. The molecule has 4 heteroatoms. The highest BCUT2D eigenvalue weighted by molar-refractivity contribution is 5.94. The predicted molar refractivity (Wildman–Crippen MR) is 89.2 cm³/mol. The second kappa shape index (κ2) is 5.52. The van der Waals surface area contributed by atoms with E-state index in [1.807, 2.05) is 31.0 Å². The average molecular weight is 313 g/mol. The number of ether oxygens (including phenoxy) is 1. The van der Waals surface area contributed by atoms with Gasteiger partial charge in [0.15, 0.2) is 12.4 Å². The molecule has 0 spiro atoms. The van der Waals surface area contributed by atoms with Crippen LogP contribution in [0.2, 0.25) is 0 Å². The maximum absolute atomic E-state index is 12.2. The van der Waals surface area contributed by atoms with Crippen LogP contribution in [0.5, 0.6) is 0 Å². The monoisotopic (exact) mass is 313 g/mol. The number of benzene rings is 1. The van der Waals surface area contributed by atoms with Crippen molar-refractivity contribution in [3.8, 4) is 0 Å². The third kappa shape index (κ3) is 2.78. The van der Waals surface area contributed by atoms with Crippen molar-refractivity contribution in [3.63, 3.8) is 0 Å². The first-order valence-corrected chi connectivity index (χ1v) is 8.07. The van der Waals surface area contributed by atoms with Gasteiger partial charge in [-0.15, -0.1) is 0 Å². The van der Waals surface area contributed by atoms with E-state index in [4.69, 9.17) is 4.74 Å². The molecule has 1 aliphatic carbocycles. The first-order chi connectivity index (χ1) is 10.8. The van der Waals surface area contributed by atoms with Crippen molar-refractivity contribution in [1.82, 2.24) is 0 Å². The van der Waals surface area contributed by atoms with Crippen LogP contribution in [0.4, 0.5) is 5.69 Å². The van der Waals surface area contributed by atoms with Gasteiger partial charge in [-0.3, -0.25) is 9.59 Å². The van der Waals surface area contributed by atoms with Gasteiger partial charge in [0.25, 0.3) is 0 Å². The first-order valence-electron chi connectivity index (χ1n) is 8.07. The van der Waals surface area contributed by atoms with Crippen molar-refractivity contribution < 1.29 is 14.3 Å². The Morgan fingerprint density at radius 1 is 1.35 bits per heavy atom. The molecule has 1 saturated carbocycles. The van der Waals surface area contributed by atoms with E-state index in [9.17, 15) is 9.59 Å². The van der Waals surface area contributed by atoms with Gasteiger partial charge in [0.2, 0.25) is 0 Å². The number of hydrogen-bond donors (Lipinski definition) is 0. The standard InChI is InChI=1S/C19H23NO3/c1-12-9-14(12)18(22)23-11-13(21)10-17-19(2,3)15-7-5-6-8-16(15)20(17)4/h5-8,10,12,14H,9,11H2,1-4H3/b17-10+/t12-,14+/m0/s1. The smallest absolute Gasteiger partial charge is 0.309 e. The fourth-order valence-electron chi connectivity index (χ4n) is 3.35. The van der Waals surface area contributed by atoms with Gasteiger partial charge in [0, 0.05) is 29.9 Å². The zero-order valence-corrected chi connectivity index (χ0v) is 14.1. The lowest BCUT2D eigenvalue weighted by molar-refractivity contribution is -0.148. The molecule has 1 fully saturated rings. The number of carbonyl (C=O) groups excluding carboxylic acids is 2. The number of allylic oxidation sites excluding steroid dienone is 1. The Morgan fingerprint density at radius 3 is 2.61 bits per heavy atom. The molecule has 1 aliphatic heterocycles. The summed E-state index contributed by atoms with van der Waals surface area (Å²) in [7, 11) is 1.96. The number of hydrogen-bond acceptors (Lipinski definition) is 4. The Balaban J connectivity index is 1.72. The largest absolute Gasteiger partial charge is 0.457 e. The molecule has 0 saturated heterocycles. The molecule has 1 aromatic rings. The van der Waals surface area contributed by atoms with E-state index in [1.54, 1.807) is 6.08 Å². The highest BCUT2D eigenvalue weighted by atomic mass is 16.5. The van der Waals surface area contributed by atoms with Crippen LogP contribution < -0.4 is 4.90 Å². The minimum absolute atomic E-state index is 0.00898. The number of ketones is 1. The van der Waals surface area contributed by atoms with Gasteiger partial charge >= 0.3 is 5.97 Å². The molecule has 0 unspecified atom stereocenters. The summed E-state index contributed by atoms with van der Waals surface area (Å²) in [6.07, 6.45) is 2.49. The summed E-state index contributed by atoms with van der Waals surface area (Å²) in [5, 5.41) is 0. The summed E-state index contributed by atoms with van der Waals surface area (Å²) in [5.74, 6) is -0.0309. The molecule has 2 atom stereocenters. The summed E-state index contributed by atoms with van der Waals surface area (Å²) in [6, 6.07) is 8.15. The predicted octanol–water partition coefficient (Wildman–Crippen LogP) is 3.07. The SMILES string of the molecule is C[C@H]1C[C@H]1C(=O)OCC(=O)/C=C1/N(C)c2ccccc2C1(C)C. The van der Waals surface area contributed by atoms with E-state index in [1.165, 1.54) is 5.56 Å². The molecule has 2 aliphatic rings. The molecule has 23 heavy (non-hydrogen) atoms. The maximum Gasteiger partial charge on any atom is 0.309 e. The number of nitrogens with zero attached hydrogens (tertiary/aromatic N) is 1. The average Bonchev–Trinajstić information content (AvgIpc) is 3.22. The second-order valence-electron chi connectivity index (χ2n) is 7.12. The van der Waals surface area contributed by atoms with Crippen molar-refractivity contribution in [2.75, 3.05) is 18.6 Å². The molecule has 0 N–H and O–H groups in total. The van der Waals surface area contributed by atoms with Crippen LogP contribution in [0.3, 0.4) is 0 Å². The van der Waals surface area contributed by atoms with Gasteiger partial charge in [0.05, 0.1) is 5.92 Å². The van der Waals surface area contributed by atoms with Crippen LogP contribution in [0.15, 0.2) is 36.0 Å². The Morgan fingerprint density at radius 2 is 2.00 bits per heavy atom. The van der Waals surface area contributed by atoms with Gasteiger partial charge in [0.1, 0.15) is 0 Å². The number of likely N-dealkylation sites (N-methyl/N-ethyl adjacent to an activating group) is 1. The Kier molecular flexibility index (Phi) is 3.78. The number of fused-ring (bicyclic) bond motifs is 1.